The summed E-state index contributed by atoms with van der Waals surface area (Å²) in [6.45, 7) is 3.14. The fraction of sp³-hybridized carbons (Fsp3) is 0.727. The van der Waals surface area contributed by atoms with Gasteiger partial charge in [-0.3, -0.25) is 0 Å². The second kappa shape index (κ2) is 6.05. The summed E-state index contributed by atoms with van der Waals surface area (Å²) in [5.41, 5.74) is 3.05. The van der Waals surface area contributed by atoms with Crippen molar-refractivity contribution in [3.8, 4) is 0 Å². The van der Waals surface area contributed by atoms with Gasteiger partial charge in [0.1, 0.15) is 0 Å². The Morgan fingerprint density at radius 2 is 2.33 bits per heavy atom. The highest BCUT2D eigenvalue weighted by Gasteiger charge is 2.04. The Labute approximate surface area is 75.1 Å². The van der Waals surface area contributed by atoms with Gasteiger partial charge in [0.05, 0.1) is 6.10 Å². The smallest absolute Gasteiger partial charge is 0.0869 e. The van der Waals surface area contributed by atoms with Gasteiger partial charge in [-0.1, -0.05) is 26.2 Å². The Hall–Kier alpha value is -0.520. The van der Waals surface area contributed by atoms with Crippen LogP contribution in [-0.2, 0) is 4.74 Å². The average molecular weight is 166 g/mol. The Balaban J connectivity index is 1.86. The van der Waals surface area contributed by atoms with Gasteiger partial charge in [0.15, 0.2) is 0 Å². The minimum atomic E-state index is 0.326. The van der Waals surface area contributed by atoms with Crippen molar-refractivity contribution in [2.45, 2.75) is 45.1 Å². The van der Waals surface area contributed by atoms with Gasteiger partial charge < -0.3 is 4.74 Å². The Morgan fingerprint density at radius 1 is 1.42 bits per heavy atom. The molecule has 0 aromatic rings. The molecule has 0 saturated carbocycles. The van der Waals surface area contributed by atoms with Gasteiger partial charge in [0.2, 0.25) is 0 Å². The van der Waals surface area contributed by atoms with Crippen molar-refractivity contribution < 1.29 is 4.74 Å². The van der Waals surface area contributed by atoms with E-state index in [1.54, 1.807) is 0 Å². The zero-order valence-corrected chi connectivity index (χ0v) is 7.88. The van der Waals surface area contributed by atoms with E-state index < -0.39 is 0 Å². The lowest BCUT2D eigenvalue weighted by molar-refractivity contribution is 0.0862. The molecule has 0 saturated heterocycles. The van der Waals surface area contributed by atoms with Crippen LogP contribution in [0.5, 0.6) is 0 Å². The number of hydrogen-bond acceptors (Lipinski definition) is 1. The van der Waals surface area contributed by atoms with Gasteiger partial charge in [0, 0.05) is 13.0 Å². The van der Waals surface area contributed by atoms with E-state index in [2.05, 4.69) is 12.7 Å². The molecule has 0 bridgehead atoms. The van der Waals surface area contributed by atoms with Gasteiger partial charge in [-0.25, -0.2) is 0 Å². The lowest BCUT2D eigenvalue weighted by Crippen LogP contribution is -2.07. The van der Waals surface area contributed by atoms with Crippen molar-refractivity contribution >= 4 is 0 Å². The number of ether oxygens (including phenoxy) is 1. The van der Waals surface area contributed by atoms with Crippen LogP contribution < -0.4 is 0 Å². The molecule has 1 aliphatic rings. The monoisotopic (exact) mass is 166 g/mol. The number of hydrogen-bond donors (Lipinski definition) is 0. The van der Waals surface area contributed by atoms with Crippen LogP contribution in [0.1, 0.15) is 39.0 Å². The summed E-state index contributed by atoms with van der Waals surface area (Å²) in [4.78, 5) is 0. The van der Waals surface area contributed by atoms with E-state index in [1.807, 2.05) is 12.2 Å². The topological polar surface area (TPSA) is 9.23 Å². The molecule has 0 fully saturated rings. The fourth-order valence-electron chi connectivity index (χ4n) is 1.31. The first-order valence-electron chi connectivity index (χ1n) is 4.96. The molecule has 0 amide bonds. The van der Waals surface area contributed by atoms with E-state index in [1.165, 1.54) is 25.7 Å². The summed E-state index contributed by atoms with van der Waals surface area (Å²) in [5, 5.41) is 0. The molecule has 0 aliphatic heterocycles. The molecule has 1 heteroatoms. The van der Waals surface area contributed by atoms with Crippen molar-refractivity contribution in [2.24, 2.45) is 0 Å². The second-order valence-corrected chi connectivity index (χ2v) is 3.24. The highest BCUT2D eigenvalue weighted by Crippen LogP contribution is 2.08. The highest BCUT2D eigenvalue weighted by molar-refractivity contribution is 5.01. The highest BCUT2D eigenvalue weighted by atomic mass is 16.5. The molecule has 0 spiro atoms. The van der Waals surface area contributed by atoms with Crippen molar-refractivity contribution in [3.05, 3.63) is 17.9 Å². The lowest BCUT2D eigenvalue weighted by atomic mass is 10.2. The summed E-state index contributed by atoms with van der Waals surface area (Å²) >= 11 is 0. The van der Waals surface area contributed by atoms with Crippen molar-refractivity contribution in [2.75, 3.05) is 6.61 Å². The van der Waals surface area contributed by atoms with Gasteiger partial charge >= 0.3 is 0 Å². The average Bonchev–Trinajstić information content (AvgIpc) is 2.57. The maximum Gasteiger partial charge on any atom is 0.0869 e. The van der Waals surface area contributed by atoms with Crippen LogP contribution in [0.4, 0.5) is 0 Å². The van der Waals surface area contributed by atoms with Crippen LogP contribution in [0.3, 0.4) is 0 Å². The molecule has 1 rings (SSSR count). The van der Waals surface area contributed by atoms with Crippen molar-refractivity contribution in [3.63, 3.8) is 0 Å². The molecule has 1 aliphatic carbocycles. The summed E-state index contributed by atoms with van der Waals surface area (Å²) in [6.07, 6.45) is 10.5. The molecular formula is C11H18O. The molecule has 0 N–H and O–H groups in total. The standard InChI is InChI=1S/C11H18O/c1-2-3-4-7-10-12-11-8-5-6-9-11/h5,9,11H,2-4,7-8,10H2,1H3. The Kier molecular flexibility index (Phi) is 4.82. The summed E-state index contributed by atoms with van der Waals surface area (Å²) in [6, 6.07) is 0. The molecule has 68 valence electrons. The minimum absolute atomic E-state index is 0.326. The molecular weight excluding hydrogens is 148 g/mol. The quantitative estimate of drug-likeness (QED) is 0.435. The predicted octanol–water partition coefficient (Wildman–Crippen LogP) is 3.07. The molecule has 1 atom stereocenters. The van der Waals surface area contributed by atoms with E-state index in [-0.39, 0.29) is 0 Å². The third kappa shape index (κ3) is 3.75. The van der Waals surface area contributed by atoms with Crippen molar-refractivity contribution in [1.82, 2.24) is 0 Å². The lowest BCUT2D eigenvalue weighted by Gasteiger charge is -2.08. The van der Waals surface area contributed by atoms with E-state index in [0.29, 0.717) is 6.10 Å². The first kappa shape index (κ1) is 9.57. The van der Waals surface area contributed by atoms with E-state index in [9.17, 15) is 0 Å². The van der Waals surface area contributed by atoms with Crippen LogP contribution in [0, 0.1) is 0 Å². The molecule has 1 nitrogen and oxygen atoms in total. The van der Waals surface area contributed by atoms with Crippen LogP contribution >= 0.6 is 0 Å². The summed E-state index contributed by atoms with van der Waals surface area (Å²) < 4.78 is 5.60. The van der Waals surface area contributed by atoms with E-state index in [4.69, 9.17) is 4.74 Å². The molecule has 0 aromatic heterocycles. The predicted molar refractivity (Wildman–Crippen MR) is 51.2 cm³/mol. The number of unbranched alkanes of at least 4 members (excludes halogenated alkanes) is 3. The zero-order chi connectivity index (χ0) is 8.65. The van der Waals surface area contributed by atoms with Gasteiger partial charge in [-0.05, 0) is 18.6 Å². The van der Waals surface area contributed by atoms with Crippen LogP contribution in [0.2, 0.25) is 0 Å². The second-order valence-electron chi connectivity index (χ2n) is 3.24. The molecule has 12 heavy (non-hydrogen) atoms. The SMILES string of the molecule is CCCCCCOC1C=C=CC1. The van der Waals surface area contributed by atoms with Gasteiger partial charge in [-0.2, -0.15) is 0 Å². The first-order valence-corrected chi connectivity index (χ1v) is 4.96. The third-order valence-electron chi connectivity index (χ3n) is 2.08. The van der Waals surface area contributed by atoms with Gasteiger partial charge in [0.25, 0.3) is 0 Å². The molecule has 0 aromatic carbocycles. The van der Waals surface area contributed by atoms with E-state index in [0.717, 1.165) is 13.0 Å². The summed E-state index contributed by atoms with van der Waals surface area (Å²) in [5.74, 6) is 0. The fourth-order valence-corrected chi connectivity index (χ4v) is 1.31. The van der Waals surface area contributed by atoms with E-state index >= 15 is 0 Å². The molecule has 0 heterocycles. The Bertz CT molecular complexity index is 166. The van der Waals surface area contributed by atoms with Crippen LogP contribution in [0.15, 0.2) is 17.9 Å². The normalized spacial score (nSPS) is 20.6. The van der Waals surface area contributed by atoms with Gasteiger partial charge in [-0.15, -0.1) is 5.73 Å². The maximum atomic E-state index is 5.60. The van der Waals surface area contributed by atoms with Crippen LogP contribution in [-0.4, -0.2) is 12.7 Å². The molecule has 0 radical (unpaired) electrons. The van der Waals surface area contributed by atoms with Crippen molar-refractivity contribution in [1.29, 1.82) is 0 Å². The zero-order valence-electron chi connectivity index (χ0n) is 7.88. The number of rotatable bonds is 6. The van der Waals surface area contributed by atoms with Crippen LogP contribution in [0.25, 0.3) is 0 Å². The summed E-state index contributed by atoms with van der Waals surface area (Å²) in [7, 11) is 0. The Morgan fingerprint density at radius 3 is 3.00 bits per heavy atom. The first-order chi connectivity index (χ1) is 5.93. The maximum absolute atomic E-state index is 5.60. The molecule has 1 unspecified atom stereocenters. The largest absolute Gasteiger partial charge is 0.373 e. The third-order valence-corrected chi connectivity index (χ3v) is 2.08. The minimum Gasteiger partial charge on any atom is -0.373 e.